The number of aromatic nitrogens is 1. The zero-order valence-corrected chi connectivity index (χ0v) is 16.2. The Balaban J connectivity index is 1.77. The fourth-order valence-electron chi connectivity index (χ4n) is 2.76. The smallest absolute Gasteiger partial charge is 0.277 e. The number of carbonyl (C=O) groups excluding carboxylic acids is 2. The number of nitrogens with one attached hydrogen (secondary N) is 2. The van der Waals surface area contributed by atoms with E-state index in [2.05, 4.69) is 15.6 Å². The van der Waals surface area contributed by atoms with Gasteiger partial charge in [-0.15, -0.1) is 0 Å². The van der Waals surface area contributed by atoms with Gasteiger partial charge in [0.2, 0.25) is 11.8 Å². The number of hydrogen-bond donors (Lipinski definition) is 2. The second-order valence-corrected chi connectivity index (χ2v) is 6.65. The van der Waals surface area contributed by atoms with Crippen molar-refractivity contribution < 1.29 is 18.4 Å². The van der Waals surface area contributed by atoms with Gasteiger partial charge >= 0.3 is 0 Å². The minimum Gasteiger partial charge on any atom is -0.446 e. The summed E-state index contributed by atoms with van der Waals surface area (Å²) in [4.78, 5) is 28.6. The molecule has 0 spiro atoms. The van der Waals surface area contributed by atoms with Crippen molar-refractivity contribution in [2.45, 2.75) is 32.7 Å². The summed E-state index contributed by atoms with van der Waals surface area (Å²) in [6, 6.07) is 13.5. The zero-order valence-electron chi connectivity index (χ0n) is 16.2. The first-order chi connectivity index (χ1) is 14.0. The van der Waals surface area contributed by atoms with Crippen LogP contribution in [0.15, 0.2) is 59.2 Å². The van der Waals surface area contributed by atoms with Gasteiger partial charge in [-0.3, -0.25) is 9.59 Å². The summed E-state index contributed by atoms with van der Waals surface area (Å²) in [5.74, 6) is -0.849. The number of amides is 2. The molecule has 2 amide bonds. The number of hydrogen-bond acceptors (Lipinski definition) is 4. The lowest BCUT2D eigenvalue weighted by molar-refractivity contribution is -0.121. The van der Waals surface area contributed by atoms with E-state index in [0.717, 1.165) is 5.56 Å². The fourth-order valence-corrected chi connectivity index (χ4v) is 2.76. The maximum atomic E-state index is 13.7. The SMILES string of the molecule is CCC(=O)N[C@H](Cc1ccccc1)c1nc(C(=O)Nc2ccc(C)c(F)c2)co1. The van der Waals surface area contributed by atoms with E-state index in [1.807, 2.05) is 30.3 Å². The van der Waals surface area contributed by atoms with Crippen LogP contribution in [0.1, 0.15) is 46.9 Å². The molecule has 0 fully saturated rings. The lowest BCUT2D eigenvalue weighted by Crippen LogP contribution is -2.29. The summed E-state index contributed by atoms with van der Waals surface area (Å²) < 4.78 is 19.2. The van der Waals surface area contributed by atoms with E-state index in [4.69, 9.17) is 4.42 Å². The Hall–Kier alpha value is -3.48. The van der Waals surface area contributed by atoms with Gasteiger partial charge in [-0.1, -0.05) is 43.3 Å². The molecule has 1 atom stereocenters. The van der Waals surface area contributed by atoms with Gasteiger partial charge in [0.15, 0.2) is 5.69 Å². The van der Waals surface area contributed by atoms with Gasteiger partial charge in [-0.2, -0.15) is 0 Å². The molecule has 3 rings (SSSR count). The molecule has 2 N–H and O–H groups in total. The third-order valence-corrected chi connectivity index (χ3v) is 4.42. The molecule has 2 aromatic carbocycles. The van der Waals surface area contributed by atoms with Crippen LogP contribution in [-0.2, 0) is 11.2 Å². The number of nitrogens with zero attached hydrogens (tertiary/aromatic N) is 1. The molecule has 0 saturated heterocycles. The van der Waals surface area contributed by atoms with E-state index in [9.17, 15) is 14.0 Å². The van der Waals surface area contributed by atoms with Crippen LogP contribution in [0, 0.1) is 12.7 Å². The Morgan fingerprint density at radius 1 is 1.17 bits per heavy atom. The number of anilines is 1. The first-order valence-electron chi connectivity index (χ1n) is 9.32. The molecule has 150 valence electrons. The molecule has 0 unspecified atom stereocenters. The number of rotatable bonds is 7. The quantitative estimate of drug-likeness (QED) is 0.628. The lowest BCUT2D eigenvalue weighted by Gasteiger charge is -2.15. The van der Waals surface area contributed by atoms with E-state index in [0.29, 0.717) is 24.1 Å². The average molecular weight is 395 g/mol. The first-order valence-corrected chi connectivity index (χ1v) is 9.32. The maximum Gasteiger partial charge on any atom is 0.277 e. The molecule has 6 nitrogen and oxygen atoms in total. The van der Waals surface area contributed by atoms with E-state index in [1.165, 1.54) is 12.3 Å². The molecular weight excluding hydrogens is 373 g/mol. The average Bonchev–Trinajstić information content (AvgIpc) is 3.21. The lowest BCUT2D eigenvalue weighted by atomic mass is 10.1. The standard InChI is InChI=1S/C22H22FN3O3/c1-3-20(27)25-18(11-15-7-5-4-6-8-15)22-26-19(13-29-22)21(28)24-16-10-9-14(2)17(23)12-16/h4-10,12-13,18H,3,11H2,1-2H3,(H,24,28)(H,25,27)/t18-/m1/s1. The summed E-state index contributed by atoms with van der Waals surface area (Å²) in [6.07, 6.45) is 2.01. The van der Waals surface area contributed by atoms with Crippen LogP contribution in [-0.4, -0.2) is 16.8 Å². The molecule has 0 aliphatic carbocycles. The third-order valence-electron chi connectivity index (χ3n) is 4.42. The van der Waals surface area contributed by atoms with Gasteiger partial charge in [0, 0.05) is 18.5 Å². The predicted octanol–water partition coefficient (Wildman–Crippen LogP) is 4.18. The summed E-state index contributed by atoms with van der Waals surface area (Å²) in [6.45, 7) is 3.40. The molecular formula is C22H22FN3O3. The van der Waals surface area contributed by atoms with E-state index >= 15 is 0 Å². The van der Waals surface area contributed by atoms with Crippen LogP contribution in [0.2, 0.25) is 0 Å². The van der Waals surface area contributed by atoms with Crippen molar-refractivity contribution in [1.82, 2.24) is 10.3 Å². The van der Waals surface area contributed by atoms with Crippen LogP contribution < -0.4 is 10.6 Å². The third kappa shape index (κ3) is 5.28. The van der Waals surface area contributed by atoms with Crippen LogP contribution in [0.25, 0.3) is 0 Å². The van der Waals surface area contributed by atoms with Crippen LogP contribution in [0.5, 0.6) is 0 Å². The Morgan fingerprint density at radius 2 is 1.93 bits per heavy atom. The van der Waals surface area contributed by atoms with Gasteiger partial charge < -0.3 is 15.1 Å². The second kappa shape index (κ2) is 9.14. The number of carbonyl (C=O) groups is 2. The molecule has 7 heteroatoms. The monoisotopic (exact) mass is 395 g/mol. The highest BCUT2D eigenvalue weighted by atomic mass is 19.1. The predicted molar refractivity (Wildman–Crippen MR) is 107 cm³/mol. The minimum absolute atomic E-state index is 0.0461. The largest absolute Gasteiger partial charge is 0.446 e. The van der Waals surface area contributed by atoms with Crippen molar-refractivity contribution in [1.29, 1.82) is 0 Å². The van der Waals surface area contributed by atoms with E-state index < -0.39 is 17.8 Å². The Bertz CT molecular complexity index is 1000. The van der Waals surface area contributed by atoms with Crippen molar-refractivity contribution in [3.05, 3.63) is 83.3 Å². The Labute approximate surface area is 168 Å². The summed E-state index contributed by atoms with van der Waals surface area (Å²) in [7, 11) is 0. The van der Waals surface area contributed by atoms with Crippen LogP contribution in [0.3, 0.4) is 0 Å². The Kier molecular flexibility index (Phi) is 6.39. The Morgan fingerprint density at radius 3 is 2.62 bits per heavy atom. The molecule has 0 aliphatic heterocycles. The summed E-state index contributed by atoms with van der Waals surface area (Å²) in [5, 5.41) is 5.46. The molecule has 0 bridgehead atoms. The van der Waals surface area contributed by atoms with Crippen molar-refractivity contribution >= 4 is 17.5 Å². The molecule has 3 aromatic rings. The molecule has 0 aliphatic rings. The number of aryl methyl sites for hydroxylation is 1. The van der Waals surface area contributed by atoms with E-state index in [1.54, 1.807) is 26.0 Å². The number of halogens is 1. The van der Waals surface area contributed by atoms with Gasteiger partial charge in [0.25, 0.3) is 5.91 Å². The zero-order chi connectivity index (χ0) is 20.8. The highest BCUT2D eigenvalue weighted by Crippen LogP contribution is 2.20. The highest BCUT2D eigenvalue weighted by Gasteiger charge is 2.22. The molecule has 1 aromatic heterocycles. The van der Waals surface area contributed by atoms with Gasteiger partial charge in [-0.05, 0) is 30.2 Å². The second-order valence-electron chi connectivity index (χ2n) is 6.65. The van der Waals surface area contributed by atoms with Crippen molar-refractivity contribution in [2.75, 3.05) is 5.32 Å². The topological polar surface area (TPSA) is 84.2 Å². The summed E-state index contributed by atoms with van der Waals surface area (Å²) in [5.41, 5.74) is 1.85. The number of benzene rings is 2. The van der Waals surface area contributed by atoms with Gasteiger partial charge in [0.05, 0.1) is 0 Å². The normalized spacial score (nSPS) is 11.7. The van der Waals surface area contributed by atoms with Gasteiger partial charge in [0.1, 0.15) is 18.1 Å². The fraction of sp³-hybridized carbons (Fsp3) is 0.227. The maximum absolute atomic E-state index is 13.7. The van der Waals surface area contributed by atoms with Crippen molar-refractivity contribution in [2.24, 2.45) is 0 Å². The first kappa shape index (κ1) is 20.3. The molecule has 29 heavy (non-hydrogen) atoms. The van der Waals surface area contributed by atoms with Crippen LogP contribution >= 0.6 is 0 Å². The molecule has 0 saturated carbocycles. The summed E-state index contributed by atoms with van der Waals surface area (Å²) >= 11 is 0. The highest BCUT2D eigenvalue weighted by molar-refractivity contribution is 6.02. The van der Waals surface area contributed by atoms with E-state index in [-0.39, 0.29) is 17.5 Å². The molecule has 1 heterocycles. The van der Waals surface area contributed by atoms with Crippen molar-refractivity contribution in [3.63, 3.8) is 0 Å². The minimum atomic E-state index is -0.525. The number of oxazole rings is 1. The van der Waals surface area contributed by atoms with Crippen LogP contribution in [0.4, 0.5) is 10.1 Å². The van der Waals surface area contributed by atoms with Gasteiger partial charge in [-0.25, -0.2) is 9.37 Å². The van der Waals surface area contributed by atoms with Crippen molar-refractivity contribution in [3.8, 4) is 0 Å². The molecule has 0 radical (unpaired) electrons.